The van der Waals surface area contributed by atoms with E-state index in [0.717, 1.165) is 10.9 Å². The van der Waals surface area contributed by atoms with E-state index >= 15 is 0 Å². The second-order valence-corrected chi connectivity index (χ2v) is 7.00. The molecule has 1 aliphatic rings. The van der Waals surface area contributed by atoms with Crippen molar-refractivity contribution in [2.24, 2.45) is 0 Å². The number of para-hydroxylation sites is 1. The third-order valence-corrected chi connectivity index (χ3v) is 4.05. The maximum atomic E-state index is 12.1. The van der Waals surface area contributed by atoms with E-state index in [9.17, 15) is 9.59 Å². The van der Waals surface area contributed by atoms with Gasteiger partial charge < -0.3 is 18.9 Å². The molecule has 1 amide bonds. The highest BCUT2D eigenvalue weighted by Crippen LogP contribution is 2.30. The highest BCUT2D eigenvalue weighted by atomic mass is 16.6. The fourth-order valence-corrected chi connectivity index (χ4v) is 2.89. The Labute approximate surface area is 140 Å². The maximum Gasteiger partial charge on any atom is 0.410 e. The van der Waals surface area contributed by atoms with E-state index in [-0.39, 0.29) is 18.1 Å². The fourth-order valence-electron chi connectivity index (χ4n) is 2.89. The van der Waals surface area contributed by atoms with Crippen molar-refractivity contribution in [3.8, 4) is 0 Å². The number of carbonyl (C=O) groups is 2. The van der Waals surface area contributed by atoms with Crippen molar-refractivity contribution in [2.45, 2.75) is 32.4 Å². The van der Waals surface area contributed by atoms with Gasteiger partial charge in [0.05, 0.1) is 18.7 Å². The molecule has 3 rings (SSSR count). The second kappa shape index (κ2) is 5.85. The Hall–Kier alpha value is -2.50. The zero-order valence-corrected chi connectivity index (χ0v) is 14.4. The van der Waals surface area contributed by atoms with Crippen LogP contribution in [-0.2, 0) is 9.47 Å². The molecule has 1 fully saturated rings. The first-order chi connectivity index (χ1) is 11.3. The van der Waals surface area contributed by atoms with E-state index in [0.29, 0.717) is 18.7 Å². The summed E-state index contributed by atoms with van der Waals surface area (Å²) in [7, 11) is 1.38. The molecule has 1 aliphatic heterocycles. The molecule has 1 aromatic carbocycles. The van der Waals surface area contributed by atoms with E-state index < -0.39 is 5.60 Å². The van der Waals surface area contributed by atoms with Crippen molar-refractivity contribution < 1.29 is 19.1 Å². The molecule has 0 saturated carbocycles. The fraction of sp³-hybridized carbons (Fsp3) is 0.444. The molecule has 0 N–H and O–H groups in total. The van der Waals surface area contributed by atoms with Crippen molar-refractivity contribution >= 4 is 23.0 Å². The summed E-state index contributed by atoms with van der Waals surface area (Å²) in [5, 5.41) is 0.861. The quantitative estimate of drug-likeness (QED) is 0.793. The van der Waals surface area contributed by atoms with Gasteiger partial charge in [0.2, 0.25) is 0 Å². The molecule has 6 nitrogen and oxygen atoms in total. The number of rotatable bonds is 2. The van der Waals surface area contributed by atoms with Crippen molar-refractivity contribution in [3.05, 3.63) is 36.0 Å². The van der Waals surface area contributed by atoms with Crippen LogP contribution < -0.4 is 0 Å². The van der Waals surface area contributed by atoms with Crippen LogP contribution in [0.1, 0.15) is 37.2 Å². The summed E-state index contributed by atoms with van der Waals surface area (Å²) >= 11 is 0. The van der Waals surface area contributed by atoms with Gasteiger partial charge in [-0.25, -0.2) is 9.59 Å². The molecule has 1 saturated heterocycles. The number of amides is 1. The highest BCUT2D eigenvalue weighted by molar-refractivity contribution is 6.04. The van der Waals surface area contributed by atoms with Crippen molar-refractivity contribution in [1.29, 1.82) is 0 Å². The molecule has 0 radical (unpaired) electrons. The molecule has 24 heavy (non-hydrogen) atoms. The first-order valence-corrected chi connectivity index (χ1v) is 7.96. The molecule has 2 aromatic rings. The van der Waals surface area contributed by atoms with Crippen LogP contribution in [0.4, 0.5) is 4.79 Å². The largest absolute Gasteiger partial charge is 0.465 e. The maximum absolute atomic E-state index is 12.1. The van der Waals surface area contributed by atoms with Gasteiger partial charge in [-0.05, 0) is 26.8 Å². The van der Waals surface area contributed by atoms with Crippen LogP contribution in [0.25, 0.3) is 10.9 Å². The van der Waals surface area contributed by atoms with Gasteiger partial charge in [-0.3, -0.25) is 0 Å². The van der Waals surface area contributed by atoms with Gasteiger partial charge in [-0.1, -0.05) is 18.2 Å². The molecule has 6 heteroatoms. The molecule has 0 spiro atoms. The van der Waals surface area contributed by atoms with Crippen LogP contribution in [0.3, 0.4) is 0 Å². The number of hydrogen-bond acceptors (Lipinski definition) is 4. The van der Waals surface area contributed by atoms with E-state index in [1.54, 1.807) is 4.90 Å². The van der Waals surface area contributed by atoms with Gasteiger partial charge in [0.25, 0.3) is 0 Å². The number of benzene rings is 1. The monoisotopic (exact) mass is 330 g/mol. The Morgan fingerprint density at radius 2 is 1.83 bits per heavy atom. The number of fused-ring (bicyclic) bond motifs is 1. The minimum absolute atomic E-state index is 0.126. The lowest BCUT2D eigenvalue weighted by Crippen LogP contribution is -2.52. The number of esters is 1. The smallest absolute Gasteiger partial charge is 0.410 e. The summed E-state index contributed by atoms with van der Waals surface area (Å²) < 4.78 is 12.3. The molecule has 1 aromatic heterocycles. The van der Waals surface area contributed by atoms with Crippen LogP contribution in [0.2, 0.25) is 0 Å². The van der Waals surface area contributed by atoms with Crippen LogP contribution in [0.15, 0.2) is 30.5 Å². The predicted octanol–water partition coefficient (Wildman–Crippen LogP) is 3.22. The van der Waals surface area contributed by atoms with Gasteiger partial charge in [-0.2, -0.15) is 0 Å². The third-order valence-electron chi connectivity index (χ3n) is 4.05. The first kappa shape index (κ1) is 16.4. The number of ether oxygens (including phenoxy) is 2. The lowest BCUT2D eigenvalue weighted by molar-refractivity contribution is 0.00151. The summed E-state index contributed by atoms with van der Waals surface area (Å²) in [4.78, 5) is 25.7. The van der Waals surface area contributed by atoms with Gasteiger partial charge in [0.15, 0.2) is 0 Å². The lowest BCUT2D eigenvalue weighted by atomic mass is 10.1. The lowest BCUT2D eigenvalue weighted by Gasteiger charge is -2.40. The van der Waals surface area contributed by atoms with Crippen LogP contribution in [0.5, 0.6) is 0 Å². The Balaban J connectivity index is 1.80. The minimum atomic E-state index is -0.500. The van der Waals surface area contributed by atoms with Gasteiger partial charge >= 0.3 is 12.1 Å². The van der Waals surface area contributed by atoms with Crippen molar-refractivity contribution in [1.82, 2.24) is 9.47 Å². The van der Waals surface area contributed by atoms with Crippen LogP contribution >= 0.6 is 0 Å². The number of methoxy groups -OCH3 is 1. The summed E-state index contributed by atoms with van der Waals surface area (Å²) in [6.07, 6.45) is 1.51. The molecular weight excluding hydrogens is 308 g/mol. The number of nitrogens with zero attached hydrogens (tertiary/aromatic N) is 2. The zero-order chi connectivity index (χ0) is 17.5. The molecule has 0 bridgehead atoms. The summed E-state index contributed by atoms with van der Waals surface area (Å²) in [6.45, 7) is 6.68. The van der Waals surface area contributed by atoms with Crippen LogP contribution in [-0.4, -0.2) is 47.3 Å². The number of carbonyl (C=O) groups excluding carboxylic acids is 2. The summed E-state index contributed by atoms with van der Waals surface area (Å²) in [6, 6.07) is 7.83. The van der Waals surface area contributed by atoms with E-state index in [4.69, 9.17) is 9.47 Å². The van der Waals surface area contributed by atoms with Gasteiger partial charge in [0, 0.05) is 30.2 Å². The molecule has 0 atom stereocenters. The topological polar surface area (TPSA) is 60.8 Å². The highest BCUT2D eigenvalue weighted by Gasteiger charge is 2.35. The van der Waals surface area contributed by atoms with E-state index in [1.165, 1.54) is 7.11 Å². The first-order valence-electron chi connectivity index (χ1n) is 7.96. The van der Waals surface area contributed by atoms with E-state index in [1.807, 2.05) is 55.8 Å². The van der Waals surface area contributed by atoms with E-state index in [2.05, 4.69) is 0 Å². The number of hydrogen-bond donors (Lipinski definition) is 0. The zero-order valence-electron chi connectivity index (χ0n) is 14.4. The third kappa shape index (κ3) is 2.96. The predicted molar refractivity (Wildman–Crippen MR) is 90.1 cm³/mol. The van der Waals surface area contributed by atoms with Crippen LogP contribution in [0, 0.1) is 0 Å². The van der Waals surface area contributed by atoms with Gasteiger partial charge in [-0.15, -0.1) is 0 Å². The second-order valence-electron chi connectivity index (χ2n) is 7.00. The SMILES string of the molecule is COC(=O)c1cn(C2CN(C(=O)OC(C)(C)C)C2)c2ccccc12. The Bertz CT molecular complexity index is 782. The molecule has 0 unspecified atom stereocenters. The average Bonchev–Trinajstić information content (AvgIpc) is 2.83. The van der Waals surface area contributed by atoms with Crippen molar-refractivity contribution in [3.63, 3.8) is 0 Å². The Morgan fingerprint density at radius 3 is 2.46 bits per heavy atom. The van der Waals surface area contributed by atoms with Crippen molar-refractivity contribution in [2.75, 3.05) is 20.2 Å². The molecule has 0 aliphatic carbocycles. The average molecular weight is 330 g/mol. The molecule has 128 valence electrons. The molecule has 2 heterocycles. The van der Waals surface area contributed by atoms with Gasteiger partial charge in [0.1, 0.15) is 5.60 Å². The Morgan fingerprint density at radius 1 is 1.17 bits per heavy atom. The summed E-state index contributed by atoms with van der Waals surface area (Å²) in [5.74, 6) is -0.353. The normalized spacial score (nSPS) is 15.2. The summed E-state index contributed by atoms with van der Waals surface area (Å²) in [5.41, 5.74) is 1.01. The number of aromatic nitrogens is 1. The Kier molecular flexibility index (Phi) is 3.99. The standard InChI is InChI=1S/C18H22N2O4/c1-18(2,3)24-17(22)19-9-12(10-19)20-11-14(16(21)23-4)13-7-5-6-8-15(13)20/h5-8,11-12H,9-10H2,1-4H3. The molecular formula is C18H22N2O4. The number of likely N-dealkylation sites (tertiary alicyclic amines) is 1. The minimum Gasteiger partial charge on any atom is -0.465 e.